The van der Waals surface area contributed by atoms with Gasteiger partial charge in [0, 0.05) is 103 Å². The number of carbonyl (C=O) groups is 3. The van der Waals surface area contributed by atoms with Gasteiger partial charge in [0.15, 0.2) is 11.6 Å². The van der Waals surface area contributed by atoms with Crippen LogP contribution in [0.4, 0.5) is 78.5 Å². The summed E-state index contributed by atoms with van der Waals surface area (Å²) in [7, 11) is -0.155. The van der Waals surface area contributed by atoms with Gasteiger partial charge in [0.05, 0.1) is 29.3 Å². The van der Waals surface area contributed by atoms with E-state index in [1.165, 1.54) is 52.4 Å². The molecule has 22 nitrogen and oxygen atoms in total. The van der Waals surface area contributed by atoms with Gasteiger partial charge in [0.1, 0.15) is 45.8 Å². The molecule has 8 rings (SSSR count). The molecule has 0 aliphatic rings. The van der Waals surface area contributed by atoms with Gasteiger partial charge in [-0.15, -0.1) is 0 Å². The lowest BCUT2D eigenvalue weighted by atomic mass is 9.99. The van der Waals surface area contributed by atoms with Crippen molar-refractivity contribution in [3.8, 4) is 11.6 Å². The molecule has 0 spiro atoms. The van der Waals surface area contributed by atoms with Crippen molar-refractivity contribution in [2.75, 3.05) is 69.9 Å². The third-order valence-electron chi connectivity index (χ3n) is 12.1. The lowest BCUT2D eigenvalue weighted by Gasteiger charge is -2.18. The number of alkyl halides is 5. The second kappa shape index (κ2) is 24.2. The van der Waals surface area contributed by atoms with Gasteiger partial charge < -0.3 is 47.6 Å². The number of hydrogen-bond donors (Lipinski definition) is 9. The Hall–Kier alpha value is -9.57. The molecule has 28 heteroatoms. The Bertz CT molecular complexity index is 3760. The number of benzene rings is 4. The fraction of sp³-hybridized carbons (Fsp3) is 0.226. The van der Waals surface area contributed by atoms with Crippen molar-refractivity contribution in [3.05, 3.63) is 161 Å². The molecule has 4 heterocycles. The highest BCUT2D eigenvalue weighted by Gasteiger charge is 2.32. The Labute approximate surface area is 460 Å². The number of halogens is 5. The van der Waals surface area contributed by atoms with Crippen LogP contribution in [0.25, 0.3) is 11.6 Å². The summed E-state index contributed by atoms with van der Waals surface area (Å²) in [5.74, 6) is -3.10. The monoisotopic (exact) mass is 1140 g/mol. The third kappa shape index (κ3) is 15.0. The quantitative estimate of drug-likeness (QED) is 0.0304. The van der Waals surface area contributed by atoms with Crippen molar-refractivity contribution in [2.24, 2.45) is 0 Å². The molecule has 9 N–H and O–H groups in total. The molecule has 8 aromatic rings. The maximum Gasteiger partial charge on any atom is 0.416 e. The lowest BCUT2D eigenvalue weighted by molar-refractivity contribution is -0.137. The van der Waals surface area contributed by atoms with E-state index >= 15 is 0 Å². The number of nitrogens with zero attached hydrogens (tertiary/aromatic N) is 8. The molecule has 0 fully saturated rings. The van der Waals surface area contributed by atoms with Gasteiger partial charge in [-0.3, -0.25) is 9.59 Å². The molecule has 4 aromatic heterocycles. The van der Waals surface area contributed by atoms with Gasteiger partial charge in [0.25, 0.3) is 17.7 Å². The normalized spacial score (nSPS) is 11.6. The van der Waals surface area contributed by atoms with Crippen LogP contribution in [0.5, 0.6) is 0 Å². The minimum atomic E-state index is -4.94. The molecular weight excluding hydrogens is 1080 g/mol. The fourth-order valence-corrected chi connectivity index (χ4v) is 8.61. The van der Waals surface area contributed by atoms with Crippen molar-refractivity contribution in [1.29, 1.82) is 0 Å². The number of aliphatic hydroxyl groups excluding tert-OH is 1. The minimum absolute atomic E-state index is 0.0228. The maximum absolute atomic E-state index is 14.2. The lowest BCUT2D eigenvalue weighted by Crippen LogP contribution is -2.29. The summed E-state index contributed by atoms with van der Waals surface area (Å²) in [6.45, 7) is 1.70. The molecule has 4 amide bonds. The first-order valence-corrected chi connectivity index (χ1v) is 26.6. The number of nitrogens with one attached hydrogen (secondary N) is 8. The Kier molecular flexibility index (Phi) is 17.2. The number of amides is 4. The van der Waals surface area contributed by atoms with Crippen LogP contribution in [0.2, 0.25) is 0 Å². The predicted octanol–water partition coefficient (Wildman–Crippen LogP) is 8.60. The van der Waals surface area contributed by atoms with Crippen LogP contribution < -0.4 is 42.5 Å². The van der Waals surface area contributed by atoms with E-state index in [4.69, 9.17) is 0 Å². The Morgan fingerprint density at radius 2 is 1.22 bits per heavy atom. The van der Waals surface area contributed by atoms with Crippen molar-refractivity contribution in [3.63, 3.8) is 0 Å². The fourth-order valence-electron chi connectivity index (χ4n) is 8.13. The van der Waals surface area contributed by atoms with Crippen LogP contribution in [0.15, 0.2) is 116 Å². The first kappa shape index (κ1) is 57.6. The van der Waals surface area contributed by atoms with E-state index in [1.807, 2.05) is 0 Å². The Balaban J connectivity index is 1.15. The van der Waals surface area contributed by atoms with E-state index in [9.17, 15) is 49.9 Å². The summed E-state index contributed by atoms with van der Waals surface area (Å²) in [6.07, 6.45) is -0.841. The average Bonchev–Trinajstić information content (AvgIpc) is 4.02. The summed E-state index contributed by atoms with van der Waals surface area (Å²) in [6, 6.07) is 23.0. The minimum Gasteiger partial charge on any atom is -0.390 e. The van der Waals surface area contributed by atoms with Gasteiger partial charge in [0.2, 0.25) is 0 Å². The van der Waals surface area contributed by atoms with E-state index in [-0.39, 0.29) is 53.3 Å². The molecule has 0 atom stereocenters. The Morgan fingerprint density at radius 1 is 0.630 bits per heavy atom. The summed E-state index contributed by atoms with van der Waals surface area (Å²) in [4.78, 5) is 57.7. The van der Waals surface area contributed by atoms with Gasteiger partial charge in [-0.1, -0.05) is 24.3 Å². The predicted molar refractivity (Wildman–Crippen MR) is 295 cm³/mol. The third-order valence-corrected chi connectivity index (χ3v) is 13.0. The number of hydrogen-bond acceptors (Lipinski definition) is 16. The van der Waals surface area contributed by atoms with Crippen LogP contribution >= 0.6 is 0 Å². The highest BCUT2D eigenvalue weighted by atomic mass is 32.2. The maximum atomic E-state index is 14.2. The second-order valence-electron chi connectivity index (χ2n) is 18.4. The van der Waals surface area contributed by atoms with Gasteiger partial charge in [-0.2, -0.15) is 32.7 Å². The van der Waals surface area contributed by atoms with Gasteiger partial charge in [-0.05, 0) is 85.5 Å². The highest BCUT2D eigenvalue weighted by molar-refractivity contribution is 7.90. The summed E-state index contributed by atoms with van der Waals surface area (Å²) < 4.78 is 97.3. The summed E-state index contributed by atoms with van der Waals surface area (Å²) >= 11 is 0. The zero-order valence-corrected chi connectivity index (χ0v) is 44.7. The van der Waals surface area contributed by atoms with E-state index in [1.54, 1.807) is 69.6 Å². The summed E-state index contributed by atoms with van der Waals surface area (Å²) in [5.41, 5.74) is 0.869. The molecule has 0 unspecified atom stereocenters. The zero-order chi connectivity index (χ0) is 58.2. The van der Waals surface area contributed by atoms with Gasteiger partial charge >= 0.3 is 12.2 Å². The summed E-state index contributed by atoms with van der Waals surface area (Å²) in [5, 5.41) is 42.1. The SMILES string of the molecule is CNc1cc(-n2nc(C)cc2Nc2cc(C(=O)Nc3cc(C(=O)NCCS(C)(=O)=O)cc(C(F)(F)F)c3)ccc2CCc2ccc(NC(=O)Nc3cccc(C(C)(F)F)c3)cc2Nc2cc(CO)nn2-c2cc(NC)ncn2)ncn1. The van der Waals surface area contributed by atoms with Crippen molar-refractivity contribution in [1.82, 2.24) is 44.8 Å². The number of aromatic nitrogens is 8. The van der Waals surface area contributed by atoms with Crippen molar-refractivity contribution < 1.29 is 49.9 Å². The average molecular weight is 1140 g/mol. The molecular formula is C53H53F5N16O6S. The number of aliphatic hydroxyl groups is 1. The van der Waals surface area contributed by atoms with Crippen LogP contribution in [0.3, 0.4) is 0 Å². The largest absolute Gasteiger partial charge is 0.416 e. The molecule has 0 saturated carbocycles. The number of urea groups is 1. The molecule has 0 saturated heterocycles. The number of sulfone groups is 1. The second-order valence-corrected chi connectivity index (χ2v) is 20.6. The number of anilines is 9. The van der Waals surface area contributed by atoms with E-state index in [0.29, 0.717) is 75.2 Å². The van der Waals surface area contributed by atoms with E-state index in [0.717, 1.165) is 25.3 Å². The van der Waals surface area contributed by atoms with Crippen LogP contribution in [0, 0.1) is 6.92 Å². The smallest absolute Gasteiger partial charge is 0.390 e. The molecule has 422 valence electrons. The molecule has 0 aliphatic carbocycles. The number of carbonyl (C=O) groups excluding carboxylic acids is 3. The topological polar surface area (TPSA) is 289 Å². The number of aryl methyl sites for hydroxylation is 3. The zero-order valence-electron chi connectivity index (χ0n) is 43.9. The molecule has 0 aliphatic heterocycles. The van der Waals surface area contributed by atoms with Crippen molar-refractivity contribution >= 4 is 79.4 Å². The Morgan fingerprint density at radius 3 is 1.83 bits per heavy atom. The van der Waals surface area contributed by atoms with Crippen LogP contribution in [-0.4, -0.2) is 104 Å². The molecule has 81 heavy (non-hydrogen) atoms. The molecule has 4 aromatic carbocycles. The highest BCUT2D eigenvalue weighted by Crippen LogP contribution is 2.35. The van der Waals surface area contributed by atoms with E-state index < -0.39 is 63.3 Å². The molecule has 0 radical (unpaired) electrons. The van der Waals surface area contributed by atoms with Crippen LogP contribution in [0.1, 0.15) is 61.3 Å². The van der Waals surface area contributed by atoms with E-state index in [2.05, 4.69) is 72.7 Å². The molecule has 0 bridgehead atoms. The van der Waals surface area contributed by atoms with Gasteiger partial charge in [-0.25, -0.2) is 41.9 Å². The first-order valence-electron chi connectivity index (χ1n) is 24.6. The van der Waals surface area contributed by atoms with Crippen molar-refractivity contribution in [2.45, 2.75) is 45.4 Å². The standard InChI is InChI=1S/C53H53F5N16O6S/c1-30-17-47(73(71-30)45-25-43(59-3)62-28-64-45)69-41-20-33(50(77)66-39-19-34(18-36(22-39)53(56,57)58)49(76)61-15-16-81(5,79)80)12-11-31(41)9-10-32-13-14-38(68-51(78)67-37-8-6-7-35(21-37)52(2,54)55)23-42(32)70-48-24-40(27-75)72-74(48)46-26-44(60-4)63-29-65-46/h6-8,11-14,17-26,28-29,69-70,75H,9-10,15-16,27H2,1-5H3,(H,61,76)(H,66,77)(H,59,62,64)(H,60,63,65)(H2,67,68,78). The van der Waals surface area contributed by atoms with Crippen LogP contribution in [-0.2, 0) is 41.4 Å². The number of rotatable bonds is 21. The first-order chi connectivity index (χ1) is 38.4.